The fourth-order valence-electron chi connectivity index (χ4n) is 3.00. The summed E-state index contributed by atoms with van der Waals surface area (Å²) in [7, 11) is 0. The van der Waals surface area contributed by atoms with Crippen molar-refractivity contribution in [3.8, 4) is 0 Å². The van der Waals surface area contributed by atoms with Gasteiger partial charge in [0.2, 0.25) is 5.91 Å². The third-order valence-corrected chi connectivity index (χ3v) is 3.60. The summed E-state index contributed by atoms with van der Waals surface area (Å²) in [6.45, 7) is 9.51. The molecule has 0 aliphatic heterocycles. The zero-order chi connectivity index (χ0) is 13.8. The maximum atomic E-state index is 11.8. The first-order valence-electron chi connectivity index (χ1n) is 7.21. The van der Waals surface area contributed by atoms with Gasteiger partial charge in [-0.3, -0.25) is 4.79 Å². The minimum absolute atomic E-state index is 0.147. The van der Waals surface area contributed by atoms with Crippen molar-refractivity contribution in [2.75, 3.05) is 6.54 Å². The first kappa shape index (κ1) is 15.5. The summed E-state index contributed by atoms with van der Waals surface area (Å²) >= 11 is 0. The predicted octanol–water partition coefficient (Wildman–Crippen LogP) is 2.73. The van der Waals surface area contributed by atoms with E-state index in [4.69, 9.17) is 0 Å². The van der Waals surface area contributed by atoms with E-state index in [0.29, 0.717) is 18.3 Å². The minimum Gasteiger partial charge on any atom is -0.393 e. The first-order valence-corrected chi connectivity index (χ1v) is 7.21. The van der Waals surface area contributed by atoms with Crippen LogP contribution in [-0.4, -0.2) is 23.7 Å². The van der Waals surface area contributed by atoms with Crippen LogP contribution in [0.5, 0.6) is 0 Å². The van der Waals surface area contributed by atoms with E-state index in [1.165, 1.54) is 0 Å². The molecule has 0 saturated heterocycles. The van der Waals surface area contributed by atoms with Gasteiger partial charge in [0.1, 0.15) is 0 Å². The average Bonchev–Trinajstić information content (AvgIpc) is 2.58. The van der Waals surface area contributed by atoms with Crippen molar-refractivity contribution in [2.45, 2.75) is 65.9 Å². The van der Waals surface area contributed by atoms with E-state index in [-0.39, 0.29) is 17.4 Å². The smallest absolute Gasteiger partial charge is 0.220 e. The van der Waals surface area contributed by atoms with Gasteiger partial charge in [-0.15, -0.1) is 0 Å². The standard InChI is InChI=1S/C15H29NO2/c1-11(9-15(2,3)4)7-14(18)16-10-12-5-6-13(17)8-12/h11-13,17H,5-10H2,1-4H3,(H,16,18). The molecule has 0 spiro atoms. The topological polar surface area (TPSA) is 49.3 Å². The number of carbonyl (C=O) groups excluding carboxylic acids is 1. The molecule has 2 N–H and O–H groups in total. The van der Waals surface area contributed by atoms with Gasteiger partial charge in [-0.05, 0) is 42.9 Å². The first-order chi connectivity index (χ1) is 8.26. The molecule has 1 saturated carbocycles. The fraction of sp³-hybridized carbons (Fsp3) is 0.933. The number of aliphatic hydroxyl groups excluding tert-OH is 1. The summed E-state index contributed by atoms with van der Waals surface area (Å²) in [5, 5.41) is 12.4. The van der Waals surface area contributed by atoms with Crippen LogP contribution >= 0.6 is 0 Å². The van der Waals surface area contributed by atoms with Crippen LogP contribution in [0.3, 0.4) is 0 Å². The summed E-state index contributed by atoms with van der Waals surface area (Å²) in [5.41, 5.74) is 0.287. The number of rotatable bonds is 5. The van der Waals surface area contributed by atoms with Crippen molar-refractivity contribution in [2.24, 2.45) is 17.3 Å². The Labute approximate surface area is 111 Å². The van der Waals surface area contributed by atoms with Crippen molar-refractivity contribution in [1.82, 2.24) is 5.32 Å². The number of hydrogen-bond acceptors (Lipinski definition) is 2. The van der Waals surface area contributed by atoms with Crippen LogP contribution in [0.1, 0.15) is 59.8 Å². The van der Waals surface area contributed by atoms with Crippen LogP contribution in [0.15, 0.2) is 0 Å². The summed E-state index contributed by atoms with van der Waals surface area (Å²) in [6, 6.07) is 0. The highest BCUT2D eigenvalue weighted by Gasteiger charge is 2.23. The van der Waals surface area contributed by atoms with Gasteiger partial charge in [0.05, 0.1) is 6.10 Å². The van der Waals surface area contributed by atoms with E-state index in [2.05, 4.69) is 33.0 Å². The van der Waals surface area contributed by atoms with E-state index in [1.54, 1.807) is 0 Å². The zero-order valence-electron chi connectivity index (χ0n) is 12.3. The second kappa shape index (κ2) is 6.55. The lowest BCUT2D eigenvalue weighted by Crippen LogP contribution is -2.30. The molecule has 0 radical (unpaired) electrons. The minimum atomic E-state index is -0.147. The number of aliphatic hydroxyl groups is 1. The second-order valence-corrected chi connectivity index (χ2v) is 7.21. The van der Waals surface area contributed by atoms with Crippen LogP contribution in [0, 0.1) is 17.3 Å². The van der Waals surface area contributed by atoms with Gasteiger partial charge in [-0.2, -0.15) is 0 Å². The number of carbonyl (C=O) groups is 1. The summed E-state index contributed by atoms with van der Waals surface area (Å²) < 4.78 is 0. The van der Waals surface area contributed by atoms with Crippen molar-refractivity contribution in [3.05, 3.63) is 0 Å². The molecule has 0 aromatic heterocycles. The Morgan fingerprint density at radius 3 is 2.56 bits per heavy atom. The predicted molar refractivity (Wildman–Crippen MR) is 74.2 cm³/mol. The molecule has 18 heavy (non-hydrogen) atoms. The Kier molecular flexibility index (Phi) is 5.64. The molecular weight excluding hydrogens is 226 g/mol. The lowest BCUT2D eigenvalue weighted by molar-refractivity contribution is -0.122. The molecular formula is C15H29NO2. The molecule has 3 nitrogen and oxygen atoms in total. The summed E-state index contributed by atoms with van der Waals surface area (Å²) in [5.74, 6) is 1.06. The van der Waals surface area contributed by atoms with E-state index < -0.39 is 0 Å². The van der Waals surface area contributed by atoms with E-state index in [0.717, 1.165) is 32.2 Å². The highest BCUT2D eigenvalue weighted by Crippen LogP contribution is 2.26. The molecule has 0 aromatic rings. The fourth-order valence-corrected chi connectivity index (χ4v) is 3.00. The van der Waals surface area contributed by atoms with E-state index >= 15 is 0 Å². The third-order valence-electron chi connectivity index (χ3n) is 3.60. The number of amides is 1. The molecule has 106 valence electrons. The molecule has 3 unspecified atom stereocenters. The normalized spacial score (nSPS) is 26.1. The Balaban J connectivity index is 2.17. The van der Waals surface area contributed by atoms with Gasteiger partial charge in [-0.25, -0.2) is 0 Å². The highest BCUT2D eigenvalue weighted by atomic mass is 16.3. The van der Waals surface area contributed by atoms with Gasteiger partial charge < -0.3 is 10.4 Å². The maximum absolute atomic E-state index is 11.8. The van der Waals surface area contributed by atoms with Gasteiger partial charge in [-0.1, -0.05) is 27.7 Å². The SMILES string of the molecule is CC(CC(=O)NCC1CCC(O)C1)CC(C)(C)C. The molecule has 0 heterocycles. The van der Waals surface area contributed by atoms with Gasteiger partial charge >= 0.3 is 0 Å². The molecule has 0 aromatic carbocycles. The number of nitrogens with one attached hydrogen (secondary N) is 1. The van der Waals surface area contributed by atoms with Gasteiger partial charge in [0.25, 0.3) is 0 Å². The third kappa shape index (κ3) is 6.39. The molecule has 0 bridgehead atoms. The quantitative estimate of drug-likeness (QED) is 0.793. The Morgan fingerprint density at radius 2 is 2.06 bits per heavy atom. The van der Waals surface area contributed by atoms with E-state index in [9.17, 15) is 9.90 Å². The van der Waals surface area contributed by atoms with Gasteiger partial charge in [0, 0.05) is 13.0 Å². The van der Waals surface area contributed by atoms with Crippen LogP contribution in [0.25, 0.3) is 0 Å². The van der Waals surface area contributed by atoms with Gasteiger partial charge in [0.15, 0.2) is 0 Å². The van der Waals surface area contributed by atoms with Crippen LogP contribution in [0.4, 0.5) is 0 Å². The summed E-state index contributed by atoms with van der Waals surface area (Å²) in [6.07, 6.45) is 4.32. The second-order valence-electron chi connectivity index (χ2n) is 7.21. The lowest BCUT2D eigenvalue weighted by Gasteiger charge is -2.23. The average molecular weight is 255 g/mol. The van der Waals surface area contributed by atoms with Crippen molar-refractivity contribution in [3.63, 3.8) is 0 Å². The Bertz CT molecular complexity index is 270. The maximum Gasteiger partial charge on any atom is 0.220 e. The Morgan fingerprint density at radius 1 is 1.39 bits per heavy atom. The Hall–Kier alpha value is -0.570. The molecule has 1 aliphatic carbocycles. The highest BCUT2D eigenvalue weighted by molar-refractivity contribution is 5.76. The molecule has 1 aliphatic rings. The molecule has 3 heteroatoms. The van der Waals surface area contributed by atoms with Crippen LogP contribution in [-0.2, 0) is 4.79 Å². The van der Waals surface area contributed by atoms with Crippen molar-refractivity contribution >= 4 is 5.91 Å². The van der Waals surface area contributed by atoms with Crippen molar-refractivity contribution in [1.29, 1.82) is 0 Å². The monoisotopic (exact) mass is 255 g/mol. The molecule has 1 fully saturated rings. The lowest BCUT2D eigenvalue weighted by atomic mass is 9.84. The molecule has 1 rings (SSSR count). The molecule has 3 atom stereocenters. The zero-order valence-corrected chi connectivity index (χ0v) is 12.3. The van der Waals surface area contributed by atoms with Crippen LogP contribution in [0.2, 0.25) is 0 Å². The van der Waals surface area contributed by atoms with Crippen LogP contribution < -0.4 is 5.32 Å². The van der Waals surface area contributed by atoms with Crippen molar-refractivity contribution < 1.29 is 9.90 Å². The summed E-state index contributed by atoms with van der Waals surface area (Å²) in [4.78, 5) is 11.8. The molecule has 1 amide bonds. The number of hydrogen-bond donors (Lipinski definition) is 2. The van der Waals surface area contributed by atoms with E-state index in [1.807, 2.05) is 0 Å². The largest absolute Gasteiger partial charge is 0.393 e.